The minimum Gasteiger partial charge on any atom is -0.465 e. The SMILES string of the molecule is CCOC(=O)C1CS(=O)(=O)c2c(C(=O)c3ccccc3)cc(Cl)cc21. The van der Waals surface area contributed by atoms with Crippen molar-refractivity contribution in [1.29, 1.82) is 0 Å². The van der Waals surface area contributed by atoms with Gasteiger partial charge in [0.2, 0.25) is 0 Å². The third kappa shape index (κ3) is 3.19. The topological polar surface area (TPSA) is 77.5 Å². The summed E-state index contributed by atoms with van der Waals surface area (Å²) >= 11 is 6.10. The molecule has 0 bridgehead atoms. The number of halogens is 1. The first-order valence-corrected chi connectivity index (χ1v) is 9.70. The van der Waals surface area contributed by atoms with Gasteiger partial charge in [-0.05, 0) is 24.6 Å². The van der Waals surface area contributed by atoms with E-state index in [1.54, 1.807) is 37.3 Å². The van der Waals surface area contributed by atoms with Crippen molar-refractivity contribution in [3.05, 3.63) is 64.2 Å². The lowest BCUT2D eigenvalue weighted by Gasteiger charge is -2.11. The van der Waals surface area contributed by atoms with Crippen molar-refractivity contribution in [3.8, 4) is 0 Å². The van der Waals surface area contributed by atoms with Crippen LogP contribution in [0.2, 0.25) is 5.02 Å². The van der Waals surface area contributed by atoms with Crippen LogP contribution in [0.15, 0.2) is 47.4 Å². The summed E-state index contributed by atoms with van der Waals surface area (Å²) < 4.78 is 30.2. The Bertz CT molecular complexity index is 951. The van der Waals surface area contributed by atoms with E-state index in [0.29, 0.717) is 5.56 Å². The summed E-state index contributed by atoms with van der Waals surface area (Å²) in [5.74, 6) is -2.48. The predicted octanol–water partition coefficient (Wildman–Crippen LogP) is 3.01. The van der Waals surface area contributed by atoms with Gasteiger partial charge in [0, 0.05) is 16.1 Å². The lowest BCUT2D eigenvalue weighted by atomic mass is 9.95. The highest BCUT2D eigenvalue weighted by atomic mass is 35.5. The van der Waals surface area contributed by atoms with Crippen LogP contribution in [0.3, 0.4) is 0 Å². The first-order chi connectivity index (χ1) is 11.8. The number of hydrogen-bond donors (Lipinski definition) is 0. The van der Waals surface area contributed by atoms with Gasteiger partial charge >= 0.3 is 5.97 Å². The van der Waals surface area contributed by atoms with E-state index in [4.69, 9.17) is 16.3 Å². The Hall–Kier alpha value is -2.18. The number of hydrogen-bond acceptors (Lipinski definition) is 5. The molecule has 0 aromatic heterocycles. The third-order valence-corrected chi connectivity index (χ3v) is 6.07. The lowest BCUT2D eigenvalue weighted by molar-refractivity contribution is -0.144. The van der Waals surface area contributed by atoms with Gasteiger partial charge in [-0.25, -0.2) is 8.42 Å². The van der Waals surface area contributed by atoms with E-state index in [2.05, 4.69) is 0 Å². The molecule has 130 valence electrons. The van der Waals surface area contributed by atoms with Crippen LogP contribution in [0.4, 0.5) is 0 Å². The van der Waals surface area contributed by atoms with Crippen LogP contribution in [0.5, 0.6) is 0 Å². The molecule has 7 heteroatoms. The van der Waals surface area contributed by atoms with Gasteiger partial charge in [0.25, 0.3) is 0 Å². The van der Waals surface area contributed by atoms with Crippen LogP contribution in [-0.2, 0) is 19.4 Å². The van der Waals surface area contributed by atoms with Crippen LogP contribution in [-0.4, -0.2) is 32.5 Å². The molecule has 2 aromatic rings. The Balaban J connectivity index is 2.19. The van der Waals surface area contributed by atoms with Gasteiger partial charge in [-0.1, -0.05) is 41.9 Å². The maximum absolute atomic E-state index is 12.8. The van der Waals surface area contributed by atoms with Crippen molar-refractivity contribution >= 4 is 33.2 Å². The van der Waals surface area contributed by atoms with Crippen molar-refractivity contribution < 1.29 is 22.7 Å². The van der Waals surface area contributed by atoms with Crippen molar-refractivity contribution in [1.82, 2.24) is 0 Å². The molecule has 1 unspecified atom stereocenters. The first-order valence-electron chi connectivity index (χ1n) is 7.67. The van der Waals surface area contributed by atoms with Gasteiger partial charge in [0.05, 0.1) is 23.2 Å². The smallest absolute Gasteiger partial charge is 0.314 e. The van der Waals surface area contributed by atoms with E-state index in [0.717, 1.165) is 0 Å². The van der Waals surface area contributed by atoms with Crippen LogP contribution in [0.25, 0.3) is 0 Å². The average molecular weight is 379 g/mol. The Morgan fingerprint density at radius 2 is 1.88 bits per heavy atom. The number of ether oxygens (including phenoxy) is 1. The second-order valence-corrected chi connectivity index (χ2v) is 8.06. The molecule has 2 aromatic carbocycles. The average Bonchev–Trinajstić information content (AvgIpc) is 2.85. The molecule has 25 heavy (non-hydrogen) atoms. The number of benzene rings is 2. The minimum absolute atomic E-state index is 0.0134. The molecule has 0 saturated heterocycles. The van der Waals surface area contributed by atoms with E-state index in [9.17, 15) is 18.0 Å². The molecule has 0 saturated carbocycles. The molecular formula is C18H15ClO5S. The zero-order valence-corrected chi connectivity index (χ0v) is 14.9. The molecule has 3 rings (SSSR count). The number of carbonyl (C=O) groups is 2. The Morgan fingerprint density at radius 3 is 2.52 bits per heavy atom. The highest BCUT2D eigenvalue weighted by Crippen LogP contribution is 2.40. The van der Waals surface area contributed by atoms with Crippen molar-refractivity contribution in [2.45, 2.75) is 17.7 Å². The number of carbonyl (C=O) groups excluding carboxylic acids is 2. The third-order valence-electron chi connectivity index (χ3n) is 4.01. The van der Waals surface area contributed by atoms with E-state index < -0.39 is 33.3 Å². The quantitative estimate of drug-likeness (QED) is 0.603. The second-order valence-electron chi connectivity index (χ2n) is 5.65. The summed E-state index contributed by atoms with van der Waals surface area (Å²) in [7, 11) is -3.80. The van der Waals surface area contributed by atoms with Crippen molar-refractivity contribution in [3.63, 3.8) is 0 Å². The fourth-order valence-electron chi connectivity index (χ4n) is 2.96. The minimum atomic E-state index is -3.80. The molecule has 0 amide bonds. The van der Waals surface area contributed by atoms with Gasteiger partial charge in [-0.15, -0.1) is 0 Å². The second kappa shape index (κ2) is 6.61. The Kier molecular flexibility index (Phi) is 4.67. The molecule has 1 heterocycles. The lowest BCUT2D eigenvalue weighted by Crippen LogP contribution is -2.17. The van der Waals surface area contributed by atoms with Crippen LogP contribution < -0.4 is 0 Å². The maximum Gasteiger partial charge on any atom is 0.314 e. The van der Waals surface area contributed by atoms with E-state index >= 15 is 0 Å². The molecule has 5 nitrogen and oxygen atoms in total. The van der Waals surface area contributed by atoms with Gasteiger partial charge in [0.15, 0.2) is 15.6 Å². The van der Waals surface area contributed by atoms with Crippen LogP contribution >= 0.6 is 11.6 Å². The van der Waals surface area contributed by atoms with E-state index in [1.165, 1.54) is 12.1 Å². The molecule has 1 aliphatic heterocycles. The number of ketones is 1. The summed E-state index contributed by atoms with van der Waals surface area (Å²) in [4.78, 5) is 24.8. The van der Waals surface area contributed by atoms with Gasteiger partial charge in [-0.3, -0.25) is 9.59 Å². The van der Waals surface area contributed by atoms with Crippen molar-refractivity contribution in [2.75, 3.05) is 12.4 Å². The zero-order valence-electron chi connectivity index (χ0n) is 13.4. The number of rotatable bonds is 4. The summed E-state index contributed by atoms with van der Waals surface area (Å²) in [5.41, 5.74) is 0.562. The van der Waals surface area contributed by atoms with Gasteiger partial charge in [0.1, 0.15) is 0 Å². The summed E-state index contributed by atoms with van der Waals surface area (Å²) in [6.45, 7) is 1.78. The Morgan fingerprint density at radius 1 is 1.20 bits per heavy atom. The van der Waals surface area contributed by atoms with Gasteiger partial charge in [-0.2, -0.15) is 0 Å². The summed E-state index contributed by atoms with van der Waals surface area (Å²) in [5, 5.41) is 0.199. The monoisotopic (exact) mass is 378 g/mol. The summed E-state index contributed by atoms with van der Waals surface area (Å²) in [6, 6.07) is 11.1. The largest absolute Gasteiger partial charge is 0.465 e. The van der Waals surface area contributed by atoms with E-state index in [-0.39, 0.29) is 27.7 Å². The molecular weight excluding hydrogens is 364 g/mol. The fourth-order valence-corrected chi connectivity index (χ4v) is 5.16. The standard InChI is InChI=1S/C18H15ClO5S/c1-2-24-18(21)15-10-25(22,23)17-13(15)8-12(19)9-14(17)16(20)11-6-4-3-5-7-11/h3-9,15H,2,10H2,1H3. The van der Waals surface area contributed by atoms with Crippen LogP contribution in [0, 0.1) is 0 Å². The van der Waals surface area contributed by atoms with Gasteiger partial charge < -0.3 is 4.74 Å². The first kappa shape index (κ1) is 17.6. The summed E-state index contributed by atoms with van der Waals surface area (Å²) in [6.07, 6.45) is 0. The Labute approximate surface area is 150 Å². The maximum atomic E-state index is 12.8. The van der Waals surface area contributed by atoms with Crippen LogP contribution in [0.1, 0.15) is 34.3 Å². The molecule has 0 spiro atoms. The number of esters is 1. The molecule has 1 aliphatic rings. The molecule has 1 atom stereocenters. The number of fused-ring (bicyclic) bond motifs is 1. The highest BCUT2D eigenvalue weighted by Gasteiger charge is 2.43. The molecule has 0 radical (unpaired) electrons. The normalized spacial score (nSPS) is 17.8. The fraction of sp³-hybridized carbons (Fsp3) is 0.222. The molecule has 0 N–H and O–H groups in total. The predicted molar refractivity (Wildman–Crippen MR) is 92.8 cm³/mol. The molecule has 0 aliphatic carbocycles. The van der Waals surface area contributed by atoms with Crippen molar-refractivity contribution in [2.24, 2.45) is 0 Å². The molecule has 0 fully saturated rings. The highest BCUT2D eigenvalue weighted by molar-refractivity contribution is 7.92. The zero-order chi connectivity index (χ0) is 18.2. The van der Waals surface area contributed by atoms with E-state index in [1.807, 2.05) is 0 Å². The number of sulfone groups is 1.